The van der Waals surface area contributed by atoms with Gasteiger partial charge in [-0.2, -0.15) is 0 Å². The van der Waals surface area contributed by atoms with Gasteiger partial charge in [-0.15, -0.1) is 34.8 Å². The Morgan fingerprint density at radius 3 is 1.18 bits per heavy atom. The lowest BCUT2D eigenvalue weighted by Crippen LogP contribution is -2.14. The molecule has 0 fully saturated rings. The van der Waals surface area contributed by atoms with Crippen LogP contribution in [-0.2, 0) is 0 Å². The van der Waals surface area contributed by atoms with Crippen LogP contribution < -0.4 is 0 Å². The topological polar surface area (TPSA) is 0 Å². The first-order valence-electron chi connectivity index (χ1n) is 9.56. The molecule has 134 valence electrons. The van der Waals surface area contributed by atoms with Gasteiger partial charge >= 0.3 is 0 Å². The highest BCUT2D eigenvalue weighted by Crippen LogP contribution is 2.29. The van der Waals surface area contributed by atoms with Crippen molar-refractivity contribution in [3.05, 3.63) is 0 Å². The lowest BCUT2D eigenvalue weighted by molar-refractivity contribution is 0.527. The fraction of sp³-hybridized carbons (Fsp3) is 1.00. The zero-order valence-electron chi connectivity index (χ0n) is 14.7. The molecular weight excluding hydrogens is 335 g/mol. The zero-order chi connectivity index (χ0) is 16.5. The summed E-state index contributed by atoms with van der Waals surface area (Å²) < 4.78 is -0.710. The van der Waals surface area contributed by atoms with Gasteiger partial charge in [0.1, 0.15) is 4.33 Å². The summed E-state index contributed by atoms with van der Waals surface area (Å²) in [4.78, 5) is 0. The van der Waals surface area contributed by atoms with E-state index in [0.717, 1.165) is 12.8 Å². The molecule has 0 nitrogen and oxygen atoms in total. The van der Waals surface area contributed by atoms with Gasteiger partial charge < -0.3 is 0 Å². The molecule has 22 heavy (non-hydrogen) atoms. The maximum Gasteiger partial charge on any atom is 0.131 e. The van der Waals surface area contributed by atoms with E-state index in [-0.39, 0.29) is 0 Å². The van der Waals surface area contributed by atoms with Crippen LogP contribution in [0.15, 0.2) is 0 Å². The second-order valence-corrected chi connectivity index (χ2v) is 8.60. The number of hydrogen-bond acceptors (Lipinski definition) is 0. The molecule has 3 heteroatoms. The minimum Gasteiger partial charge on any atom is -0.123 e. The Bertz CT molecular complexity index is 217. The summed E-state index contributed by atoms with van der Waals surface area (Å²) in [6, 6.07) is 0. The summed E-state index contributed by atoms with van der Waals surface area (Å²) in [5, 5.41) is 0. The molecule has 0 saturated carbocycles. The van der Waals surface area contributed by atoms with Gasteiger partial charge in [0, 0.05) is 0 Å². The number of hydrogen-bond donors (Lipinski definition) is 0. The minimum atomic E-state index is -0.710. The van der Waals surface area contributed by atoms with Crippen LogP contribution in [0.25, 0.3) is 0 Å². The van der Waals surface area contributed by atoms with Crippen molar-refractivity contribution in [2.45, 2.75) is 114 Å². The Morgan fingerprint density at radius 1 is 0.545 bits per heavy atom. The molecule has 0 aliphatic rings. The zero-order valence-corrected chi connectivity index (χ0v) is 16.9. The van der Waals surface area contributed by atoms with Gasteiger partial charge in [0.2, 0.25) is 0 Å². The van der Waals surface area contributed by atoms with Crippen molar-refractivity contribution < 1.29 is 0 Å². The van der Waals surface area contributed by atoms with Crippen molar-refractivity contribution in [3.8, 4) is 0 Å². The van der Waals surface area contributed by atoms with Crippen LogP contribution >= 0.6 is 34.8 Å². The van der Waals surface area contributed by atoms with Gasteiger partial charge in [-0.3, -0.25) is 0 Å². The molecule has 0 aromatic carbocycles. The quantitative estimate of drug-likeness (QED) is 0.177. The molecule has 0 amide bonds. The average Bonchev–Trinajstić information content (AvgIpc) is 2.51. The Kier molecular flexibility index (Phi) is 17.4. The van der Waals surface area contributed by atoms with Gasteiger partial charge in [0.25, 0.3) is 0 Å². The van der Waals surface area contributed by atoms with Gasteiger partial charge in [-0.05, 0) is 6.42 Å². The molecule has 0 N–H and O–H groups in total. The molecule has 0 atom stereocenters. The fourth-order valence-corrected chi connectivity index (χ4v) is 3.22. The van der Waals surface area contributed by atoms with E-state index in [0.29, 0.717) is 5.88 Å². The SMILES string of the molecule is CCCCCCCCCCCCCCCCCC(Cl)(Cl)CCl. The summed E-state index contributed by atoms with van der Waals surface area (Å²) in [6.45, 7) is 2.28. The summed E-state index contributed by atoms with van der Waals surface area (Å²) in [7, 11) is 0. The lowest BCUT2D eigenvalue weighted by Gasteiger charge is -2.15. The van der Waals surface area contributed by atoms with E-state index < -0.39 is 4.33 Å². The molecule has 0 saturated heterocycles. The van der Waals surface area contributed by atoms with Gasteiger partial charge in [0.15, 0.2) is 0 Å². The first kappa shape index (κ1) is 22.9. The Hall–Kier alpha value is 0.870. The Morgan fingerprint density at radius 2 is 0.864 bits per heavy atom. The van der Waals surface area contributed by atoms with E-state index >= 15 is 0 Å². The van der Waals surface area contributed by atoms with Gasteiger partial charge in [-0.25, -0.2) is 0 Å². The van der Waals surface area contributed by atoms with E-state index in [2.05, 4.69) is 6.92 Å². The highest BCUT2D eigenvalue weighted by molar-refractivity contribution is 6.51. The van der Waals surface area contributed by atoms with Crippen molar-refractivity contribution in [1.29, 1.82) is 0 Å². The normalized spacial score (nSPS) is 12.0. The minimum absolute atomic E-state index is 0.328. The molecular formula is C19H37Cl3. The first-order chi connectivity index (χ1) is 10.6. The summed E-state index contributed by atoms with van der Waals surface area (Å²) in [5.74, 6) is 0.328. The summed E-state index contributed by atoms with van der Waals surface area (Å²) in [6.07, 6.45) is 21.5. The number of unbranched alkanes of at least 4 members (excludes halogenated alkanes) is 14. The number of halogens is 3. The third-order valence-electron chi connectivity index (χ3n) is 4.34. The van der Waals surface area contributed by atoms with E-state index in [1.807, 2.05) is 0 Å². The predicted molar refractivity (Wildman–Crippen MR) is 105 cm³/mol. The highest BCUT2D eigenvalue weighted by Gasteiger charge is 2.21. The molecule has 0 aromatic heterocycles. The average molecular weight is 372 g/mol. The van der Waals surface area contributed by atoms with Crippen molar-refractivity contribution in [2.75, 3.05) is 5.88 Å². The molecule has 0 radical (unpaired) electrons. The van der Waals surface area contributed by atoms with E-state index in [4.69, 9.17) is 34.8 Å². The second-order valence-electron chi connectivity index (χ2n) is 6.69. The van der Waals surface area contributed by atoms with Crippen LogP contribution in [0.1, 0.15) is 110 Å². The van der Waals surface area contributed by atoms with Crippen LogP contribution in [-0.4, -0.2) is 10.2 Å². The summed E-state index contributed by atoms with van der Waals surface area (Å²) >= 11 is 17.7. The Balaban J connectivity index is 3.06. The van der Waals surface area contributed by atoms with Crippen LogP contribution in [0.4, 0.5) is 0 Å². The van der Waals surface area contributed by atoms with E-state index in [1.165, 1.54) is 89.9 Å². The van der Waals surface area contributed by atoms with Gasteiger partial charge in [-0.1, -0.05) is 103 Å². The molecule has 0 aliphatic carbocycles. The van der Waals surface area contributed by atoms with Crippen molar-refractivity contribution in [2.24, 2.45) is 0 Å². The van der Waals surface area contributed by atoms with Gasteiger partial charge in [0.05, 0.1) is 5.88 Å². The molecule has 0 aliphatic heterocycles. The van der Waals surface area contributed by atoms with Crippen LogP contribution in [0.2, 0.25) is 0 Å². The maximum absolute atomic E-state index is 6.01. The highest BCUT2D eigenvalue weighted by atomic mass is 35.5. The molecule has 0 rings (SSSR count). The first-order valence-corrected chi connectivity index (χ1v) is 10.8. The molecule has 0 spiro atoms. The largest absolute Gasteiger partial charge is 0.131 e. The predicted octanol–water partition coefficient (Wildman–Crippen LogP) is 8.66. The van der Waals surface area contributed by atoms with Crippen LogP contribution in [0.5, 0.6) is 0 Å². The maximum atomic E-state index is 6.01. The van der Waals surface area contributed by atoms with Crippen molar-refractivity contribution in [3.63, 3.8) is 0 Å². The lowest BCUT2D eigenvalue weighted by atomic mass is 10.0. The smallest absolute Gasteiger partial charge is 0.123 e. The molecule has 0 bridgehead atoms. The standard InChI is InChI=1S/C19H37Cl3/c1-2-3-4-5-6-7-8-9-10-11-12-13-14-15-16-17-19(21,22)18-20/h2-18H2,1H3. The second kappa shape index (κ2) is 16.7. The molecule has 0 heterocycles. The fourth-order valence-electron chi connectivity index (χ4n) is 2.82. The van der Waals surface area contributed by atoms with E-state index in [9.17, 15) is 0 Å². The van der Waals surface area contributed by atoms with Crippen LogP contribution in [0, 0.1) is 0 Å². The molecule has 0 aromatic rings. The molecule has 0 unspecified atom stereocenters. The monoisotopic (exact) mass is 370 g/mol. The number of alkyl halides is 3. The summed E-state index contributed by atoms with van der Waals surface area (Å²) in [5.41, 5.74) is 0. The van der Waals surface area contributed by atoms with Crippen molar-refractivity contribution >= 4 is 34.8 Å². The van der Waals surface area contributed by atoms with Crippen molar-refractivity contribution in [1.82, 2.24) is 0 Å². The Labute approximate surface area is 154 Å². The number of rotatable bonds is 17. The van der Waals surface area contributed by atoms with E-state index in [1.54, 1.807) is 0 Å². The van der Waals surface area contributed by atoms with Crippen LogP contribution in [0.3, 0.4) is 0 Å². The third-order valence-corrected chi connectivity index (χ3v) is 5.72. The third kappa shape index (κ3) is 17.2.